The topological polar surface area (TPSA) is 33.1 Å². The largest absolute Gasteiger partial charge is 0.352 e. The Morgan fingerprint density at radius 1 is 1.23 bits per heavy atom. The first-order chi connectivity index (χ1) is 16.9. The molecule has 0 spiro atoms. The molecule has 2 aliphatic heterocycles. The monoisotopic (exact) mass is 486 g/mol. The van der Waals surface area contributed by atoms with Gasteiger partial charge in [-0.1, -0.05) is 63.0 Å². The summed E-state index contributed by atoms with van der Waals surface area (Å²) in [6, 6.07) is 11.8. The van der Waals surface area contributed by atoms with E-state index in [1.165, 1.54) is 11.3 Å². The quantitative estimate of drug-likeness (QED) is 0.383. The first kappa shape index (κ1) is 23.5. The molecule has 0 amide bonds. The molecular formula is C29H31FN4S. The number of allylic oxidation sites excluding steroid dienone is 1. The summed E-state index contributed by atoms with van der Waals surface area (Å²) in [7, 11) is 0. The summed E-state index contributed by atoms with van der Waals surface area (Å²) in [5.74, 6) is -0.216. The predicted octanol–water partition coefficient (Wildman–Crippen LogP) is 6.57. The molecule has 0 radical (unpaired) electrons. The van der Waals surface area contributed by atoms with Gasteiger partial charge >= 0.3 is 0 Å². The highest BCUT2D eigenvalue weighted by molar-refractivity contribution is 7.80. The van der Waals surface area contributed by atoms with E-state index in [1.54, 1.807) is 6.07 Å². The van der Waals surface area contributed by atoms with Crippen LogP contribution in [-0.4, -0.2) is 19.4 Å². The number of rotatable bonds is 7. The highest BCUT2D eigenvalue weighted by Crippen LogP contribution is 2.42. The van der Waals surface area contributed by atoms with Crippen molar-refractivity contribution in [2.75, 3.05) is 0 Å². The second-order valence-electron chi connectivity index (χ2n) is 9.55. The molecule has 1 atom stereocenters. The molecule has 1 aromatic heterocycles. The molecule has 1 unspecified atom stereocenters. The van der Waals surface area contributed by atoms with Crippen LogP contribution in [0.4, 0.5) is 4.39 Å². The average Bonchev–Trinajstić information content (AvgIpc) is 3.52. The maximum atomic E-state index is 15.5. The van der Waals surface area contributed by atoms with Crippen molar-refractivity contribution in [3.63, 3.8) is 0 Å². The van der Waals surface area contributed by atoms with Crippen LogP contribution in [0, 0.1) is 5.82 Å². The third-order valence-corrected chi connectivity index (χ3v) is 7.28. The van der Waals surface area contributed by atoms with Crippen LogP contribution in [0.1, 0.15) is 60.8 Å². The fourth-order valence-electron chi connectivity index (χ4n) is 5.27. The maximum Gasteiger partial charge on any atom is 0.129 e. The van der Waals surface area contributed by atoms with Crippen molar-refractivity contribution in [3.05, 3.63) is 95.5 Å². The Hall–Kier alpha value is -3.25. The minimum atomic E-state index is -0.341. The number of benzene rings is 2. The number of hydrogen-bond acceptors (Lipinski definition) is 3. The minimum Gasteiger partial charge on any atom is -0.352 e. The number of aromatic nitrogens is 2. The van der Waals surface area contributed by atoms with Crippen LogP contribution in [0.3, 0.4) is 0 Å². The summed E-state index contributed by atoms with van der Waals surface area (Å²) in [4.78, 5) is 7.44. The zero-order valence-electron chi connectivity index (χ0n) is 20.4. The van der Waals surface area contributed by atoms with Crippen LogP contribution in [0.2, 0.25) is 0 Å². The molecule has 3 heterocycles. The number of nitrogens with one attached hydrogen (secondary N) is 1. The van der Waals surface area contributed by atoms with Gasteiger partial charge in [0.05, 0.1) is 12.0 Å². The average molecular weight is 487 g/mol. The molecule has 180 valence electrons. The van der Waals surface area contributed by atoms with Gasteiger partial charge in [0.15, 0.2) is 0 Å². The second kappa shape index (κ2) is 9.42. The summed E-state index contributed by atoms with van der Waals surface area (Å²) in [6.45, 7) is 13.8. The van der Waals surface area contributed by atoms with E-state index >= 15 is 4.39 Å². The lowest BCUT2D eigenvalue weighted by atomic mass is 9.97. The lowest BCUT2D eigenvalue weighted by Crippen LogP contribution is -2.36. The molecule has 0 saturated heterocycles. The van der Waals surface area contributed by atoms with Gasteiger partial charge < -0.3 is 14.8 Å². The Balaban J connectivity index is 1.51. The third-order valence-electron chi connectivity index (χ3n) is 6.95. The number of imidazole rings is 1. The van der Waals surface area contributed by atoms with Gasteiger partial charge in [0.25, 0.3) is 0 Å². The van der Waals surface area contributed by atoms with E-state index in [-0.39, 0.29) is 11.9 Å². The second-order valence-corrected chi connectivity index (χ2v) is 9.99. The van der Waals surface area contributed by atoms with E-state index in [0.717, 1.165) is 66.0 Å². The normalized spacial score (nSPS) is 15.2. The van der Waals surface area contributed by atoms with Gasteiger partial charge in [-0.15, -0.1) is 0 Å². The Morgan fingerprint density at radius 2 is 2.00 bits per heavy atom. The zero-order valence-corrected chi connectivity index (χ0v) is 21.2. The molecular weight excluding hydrogens is 455 g/mol. The first-order valence-corrected chi connectivity index (χ1v) is 12.7. The van der Waals surface area contributed by atoms with Crippen molar-refractivity contribution < 1.29 is 4.39 Å². The van der Waals surface area contributed by atoms with Gasteiger partial charge in [-0.3, -0.25) is 0 Å². The SMILES string of the molecule is C=C(C)NC(=S)C(c1ncn2c1CCC2)N1Cc2c(F)cc(-c3ccc(CCC)cc3)cc2C1=C. The van der Waals surface area contributed by atoms with Gasteiger partial charge in [-0.05, 0) is 55.0 Å². The Bertz CT molecular complexity index is 1320. The number of fused-ring (bicyclic) bond motifs is 2. The summed E-state index contributed by atoms with van der Waals surface area (Å²) in [5.41, 5.74) is 8.27. The van der Waals surface area contributed by atoms with E-state index in [0.29, 0.717) is 17.1 Å². The van der Waals surface area contributed by atoms with E-state index in [2.05, 4.69) is 65.2 Å². The van der Waals surface area contributed by atoms with Gasteiger partial charge in [0, 0.05) is 41.3 Å². The molecule has 35 heavy (non-hydrogen) atoms. The van der Waals surface area contributed by atoms with E-state index in [4.69, 9.17) is 17.2 Å². The molecule has 1 N–H and O–H groups in total. The van der Waals surface area contributed by atoms with Crippen LogP contribution in [-0.2, 0) is 25.9 Å². The van der Waals surface area contributed by atoms with Crippen molar-refractivity contribution in [2.24, 2.45) is 0 Å². The summed E-state index contributed by atoms with van der Waals surface area (Å²) < 4.78 is 17.7. The van der Waals surface area contributed by atoms with Crippen molar-refractivity contribution >= 4 is 22.9 Å². The zero-order chi connectivity index (χ0) is 24.7. The van der Waals surface area contributed by atoms with Crippen molar-refractivity contribution in [1.82, 2.24) is 19.8 Å². The van der Waals surface area contributed by atoms with E-state index < -0.39 is 0 Å². The van der Waals surface area contributed by atoms with E-state index in [1.807, 2.05) is 13.3 Å². The molecule has 0 bridgehead atoms. The standard InChI is InChI=1S/C29H31FN4S/c1-5-7-20-9-11-21(12-10-20)22-14-23-19(4)34(16-24(23)25(30)15-22)28(29(35)32-18(2)3)27-26-8-6-13-33(26)17-31-27/h9-12,14-15,17,28H,2,4-8,13,16H2,1,3H3,(H,32,35). The van der Waals surface area contributed by atoms with Gasteiger partial charge in [0.1, 0.15) is 16.8 Å². The molecule has 2 aliphatic rings. The number of thiocarbonyl (C=S) groups is 1. The molecule has 0 fully saturated rings. The maximum absolute atomic E-state index is 15.5. The number of halogens is 1. The molecule has 5 rings (SSSR count). The number of hydrogen-bond donors (Lipinski definition) is 1. The molecule has 0 saturated carbocycles. The van der Waals surface area contributed by atoms with Gasteiger partial charge in [-0.2, -0.15) is 0 Å². The van der Waals surface area contributed by atoms with Crippen molar-refractivity contribution in [3.8, 4) is 11.1 Å². The Kier molecular flexibility index (Phi) is 6.32. The van der Waals surface area contributed by atoms with Crippen LogP contribution in [0.25, 0.3) is 16.8 Å². The summed E-state index contributed by atoms with van der Waals surface area (Å²) in [6.07, 6.45) is 6.09. The molecule has 6 heteroatoms. The van der Waals surface area contributed by atoms with Crippen molar-refractivity contribution in [1.29, 1.82) is 0 Å². The highest BCUT2D eigenvalue weighted by Gasteiger charge is 2.37. The fourth-order valence-corrected chi connectivity index (χ4v) is 5.68. The first-order valence-electron chi connectivity index (χ1n) is 12.2. The lowest BCUT2D eigenvalue weighted by Gasteiger charge is -2.31. The molecule has 2 aromatic carbocycles. The Labute approximate surface area is 212 Å². The molecule has 0 aliphatic carbocycles. The van der Waals surface area contributed by atoms with Crippen LogP contribution in [0.5, 0.6) is 0 Å². The fraction of sp³-hybridized carbons (Fsp3) is 0.310. The van der Waals surface area contributed by atoms with Crippen LogP contribution in [0.15, 0.2) is 61.6 Å². The van der Waals surface area contributed by atoms with Crippen molar-refractivity contribution in [2.45, 2.75) is 58.7 Å². The lowest BCUT2D eigenvalue weighted by molar-refractivity contribution is 0.360. The predicted molar refractivity (Wildman–Crippen MR) is 144 cm³/mol. The van der Waals surface area contributed by atoms with Gasteiger partial charge in [-0.25, -0.2) is 9.37 Å². The summed E-state index contributed by atoms with van der Waals surface area (Å²) in [5, 5.41) is 3.23. The summed E-state index contributed by atoms with van der Waals surface area (Å²) >= 11 is 5.84. The highest BCUT2D eigenvalue weighted by atomic mass is 32.1. The Morgan fingerprint density at radius 3 is 2.71 bits per heavy atom. The van der Waals surface area contributed by atoms with Gasteiger partial charge in [0.2, 0.25) is 0 Å². The number of nitrogens with zero attached hydrogens (tertiary/aromatic N) is 3. The van der Waals surface area contributed by atoms with E-state index in [9.17, 15) is 0 Å². The molecule has 4 nitrogen and oxygen atoms in total. The third kappa shape index (κ3) is 4.31. The van der Waals surface area contributed by atoms with Crippen LogP contribution < -0.4 is 5.32 Å². The number of aryl methyl sites for hydroxylation is 2. The molecule has 3 aromatic rings. The minimum absolute atomic E-state index is 0.216. The van der Waals surface area contributed by atoms with Crippen LogP contribution >= 0.6 is 12.2 Å². The smallest absolute Gasteiger partial charge is 0.129 e.